The lowest BCUT2D eigenvalue weighted by Gasteiger charge is -2.40. The van der Waals surface area contributed by atoms with Gasteiger partial charge in [0, 0.05) is 50.4 Å². The van der Waals surface area contributed by atoms with Crippen LogP contribution in [0.2, 0.25) is 0 Å². The largest absolute Gasteiger partial charge is 0.374 e. The molecule has 2 aromatic heterocycles. The molecule has 0 saturated carbocycles. The van der Waals surface area contributed by atoms with Crippen LogP contribution in [0, 0.1) is 6.92 Å². The lowest BCUT2D eigenvalue weighted by molar-refractivity contribution is -0.0743. The maximum Gasteiger partial charge on any atom is 0.141 e. The Morgan fingerprint density at radius 3 is 2.84 bits per heavy atom. The summed E-state index contributed by atoms with van der Waals surface area (Å²) >= 11 is 0. The lowest BCUT2D eigenvalue weighted by atomic mass is 10.0. The molecule has 1 aliphatic rings. The minimum absolute atomic E-state index is 0.109. The Kier molecular flexibility index (Phi) is 5.56. The molecular formula is C18H29N5O2. The molecule has 0 bridgehead atoms. The van der Waals surface area contributed by atoms with Crippen molar-refractivity contribution < 1.29 is 9.26 Å². The van der Waals surface area contributed by atoms with Crippen LogP contribution in [-0.2, 0) is 24.8 Å². The van der Waals surface area contributed by atoms with Crippen molar-refractivity contribution in [2.24, 2.45) is 7.05 Å². The van der Waals surface area contributed by atoms with Crippen LogP contribution in [0.3, 0.4) is 0 Å². The van der Waals surface area contributed by atoms with Crippen molar-refractivity contribution in [1.82, 2.24) is 24.7 Å². The number of aryl methyl sites for hydroxylation is 3. The van der Waals surface area contributed by atoms with E-state index >= 15 is 0 Å². The third-order valence-electron chi connectivity index (χ3n) is 4.98. The van der Waals surface area contributed by atoms with Crippen molar-refractivity contribution in [3.8, 4) is 0 Å². The van der Waals surface area contributed by atoms with E-state index in [-0.39, 0.29) is 12.1 Å². The van der Waals surface area contributed by atoms with E-state index in [1.165, 1.54) is 11.1 Å². The molecule has 2 atom stereocenters. The molecule has 3 rings (SSSR count). The van der Waals surface area contributed by atoms with Gasteiger partial charge in [-0.15, -0.1) is 0 Å². The highest BCUT2D eigenvalue weighted by Crippen LogP contribution is 2.29. The summed E-state index contributed by atoms with van der Waals surface area (Å²) in [5.41, 5.74) is 3.39. The van der Waals surface area contributed by atoms with Crippen LogP contribution in [0.25, 0.3) is 0 Å². The first-order valence-electron chi connectivity index (χ1n) is 8.92. The van der Waals surface area contributed by atoms with Crippen LogP contribution in [0.5, 0.6) is 0 Å². The second-order valence-corrected chi connectivity index (χ2v) is 7.00. The zero-order valence-electron chi connectivity index (χ0n) is 15.9. The third-order valence-corrected chi connectivity index (χ3v) is 4.98. The summed E-state index contributed by atoms with van der Waals surface area (Å²) in [5, 5.41) is 8.45. The number of nitrogens with zero attached hydrogens (tertiary/aromatic N) is 5. The van der Waals surface area contributed by atoms with Gasteiger partial charge in [-0.2, -0.15) is 5.10 Å². The number of hydrogen-bond acceptors (Lipinski definition) is 6. The molecule has 0 unspecified atom stereocenters. The van der Waals surface area contributed by atoms with Gasteiger partial charge in [0.2, 0.25) is 0 Å². The standard InChI is InChI=1S/C18H29N5O2/c1-6-16-15(13(2)20-25-16)11-21(3)12-17-18(22(4)7-8-24-17)14-9-19-23(5)10-14/h9-10,17-18H,6-8,11-12H2,1-5H3/t17-,18-/m0/s1. The van der Waals surface area contributed by atoms with Crippen molar-refractivity contribution >= 4 is 0 Å². The maximum absolute atomic E-state index is 6.14. The van der Waals surface area contributed by atoms with Gasteiger partial charge in [0.1, 0.15) is 5.76 Å². The lowest BCUT2D eigenvalue weighted by Crippen LogP contribution is -2.47. The van der Waals surface area contributed by atoms with Gasteiger partial charge < -0.3 is 9.26 Å². The molecule has 1 fully saturated rings. The number of hydrogen-bond donors (Lipinski definition) is 0. The SMILES string of the molecule is CCc1onc(C)c1CN(C)C[C@@H]1OCCN(C)[C@H]1c1cnn(C)c1. The Bertz CT molecular complexity index is 695. The van der Waals surface area contributed by atoms with E-state index in [0.29, 0.717) is 0 Å². The third kappa shape index (κ3) is 3.94. The molecule has 0 spiro atoms. The van der Waals surface area contributed by atoms with Gasteiger partial charge >= 0.3 is 0 Å². The number of ether oxygens (including phenoxy) is 1. The van der Waals surface area contributed by atoms with Gasteiger partial charge in [0.25, 0.3) is 0 Å². The van der Waals surface area contributed by atoms with Crippen LogP contribution in [0.1, 0.15) is 35.5 Å². The molecule has 2 aromatic rings. The average Bonchev–Trinajstić information content (AvgIpc) is 3.14. The second kappa shape index (κ2) is 7.68. The summed E-state index contributed by atoms with van der Waals surface area (Å²) in [6, 6.07) is 0.221. The molecule has 3 heterocycles. The molecule has 1 saturated heterocycles. The van der Waals surface area contributed by atoms with E-state index in [1.54, 1.807) is 0 Å². The first-order valence-corrected chi connectivity index (χ1v) is 8.92. The van der Waals surface area contributed by atoms with Gasteiger partial charge in [-0.05, 0) is 21.0 Å². The Morgan fingerprint density at radius 2 is 2.16 bits per heavy atom. The summed E-state index contributed by atoms with van der Waals surface area (Å²) in [7, 11) is 6.24. The van der Waals surface area contributed by atoms with Crippen molar-refractivity contribution in [1.29, 1.82) is 0 Å². The molecule has 138 valence electrons. The predicted molar refractivity (Wildman–Crippen MR) is 95.3 cm³/mol. The number of morpholine rings is 1. The van der Waals surface area contributed by atoms with Gasteiger partial charge in [0.15, 0.2) is 0 Å². The van der Waals surface area contributed by atoms with Gasteiger partial charge in [-0.3, -0.25) is 14.5 Å². The Balaban J connectivity index is 1.71. The van der Waals surface area contributed by atoms with Crippen LogP contribution in [0.15, 0.2) is 16.9 Å². The Morgan fingerprint density at radius 1 is 1.36 bits per heavy atom. The number of likely N-dealkylation sites (N-methyl/N-ethyl adjacent to an activating group) is 2. The fourth-order valence-electron chi connectivity index (χ4n) is 3.63. The van der Waals surface area contributed by atoms with E-state index in [2.05, 4.69) is 47.3 Å². The highest BCUT2D eigenvalue weighted by molar-refractivity contribution is 5.22. The topological polar surface area (TPSA) is 59.6 Å². The molecule has 7 heteroatoms. The fraction of sp³-hybridized carbons (Fsp3) is 0.667. The Labute approximate surface area is 149 Å². The second-order valence-electron chi connectivity index (χ2n) is 7.00. The van der Waals surface area contributed by atoms with Crippen LogP contribution < -0.4 is 0 Å². The van der Waals surface area contributed by atoms with E-state index in [4.69, 9.17) is 9.26 Å². The quantitative estimate of drug-likeness (QED) is 0.794. The molecule has 0 aliphatic carbocycles. The van der Waals surface area contributed by atoms with Crippen LogP contribution in [-0.4, -0.2) is 64.6 Å². The van der Waals surface area contributed by atoms with E-state index in [9.17, 15) is 0 Å². The summed E-state index contributed by atoms with van der Waals surface area (Å²) in [6.45, 7) is 7.47. The van der Waals surface area contributed by atoms with Crippen molar-refractivity contribution in [3.05, 3.63) is 35.0 Å². The highest BCUT2D eigenvalue weighted by atomic mass is 16.5. The molecule has 0 N–H and O–H groups in total. The number of aromatic nitrogens is 3. The molecule has 1 aliphatic heterocycles. The first kappa shape index (κ1) is 18.1. The minimum atomic E-state index is 0.109. The fourth-order valence-corrected chi connectivity index (χ4v) is 3.63. The monoisotopic (exact) mass is 347 g/mol. The molecule has 0 aromatic carbocycles. The maximum atomic E-state index is 6.14. The van der Waals surface area contributed by atoms with E-state index in [0.717, 1.165) is 44.1 Å². The molecule has 0 amide bonds. The molecule has 7 nitrogen and oxygen atoms in total. The molecular weight excluding hydrogens is 318 g/mol. The summed E-state index contributed by atoms with van der Waals surface area (Å²) < 4.78 is 13.4. The highest BCUT2D eigenvalue weighted by Gasteiger charge is 2.33. The van der Waals surface area contributed by atoms with Gasteiger partial charge in [-0.25, -0.2) is 0 Å². The van der Waals surface area contributed by atoms with E-state index < -0.39 is 0 Å². The van der Waals surface area contributed by atoms with Gasteiger partial charge in [-0.1, -0.05) is 12.1 Å². The van der Waals surface area contributed by atoms with Crippen molar-refractivity contribution in [3.63, 3.8) is 0 Å². The Hall–Kier alpha value is -1.70. The van der Waals surface area contributed by atoms with E-state index in [1.807, 2.05) is 24.9 Å². The van der Waals surface area contributed by atoms with Crippen LogP contribution >= 0.6 is 0 Å². The summed E-state index contributed by atoms with van der Waals surface area (Å²) in [4.78, 5) is 4.66. The van der Waals surface area contributed by atoms with Gasteiger partial charge in [0.05, 0.1) is 30.6 Å². The van der Waals surface area contributed by atoms with Crippen molar-refractivity contribution in [2.45, 2.75) is 39.0 Å². The first-order chi connectivity index (χ1) is 12.0. The average molecular weight is 347 g/mol. The van der Waals surface area contributed by atoms with Crippen molar-refractivity contribution in [2.75, 3.05) is 33.8 Å². The van der Waals surface area contributed by atoms with Crippen LogP contribution in [0.4, 0.5) is 0 Å². The number of rotatable bonds is 6. The predicted octanol–water partition coefficient (Wildman–Crippen LogP) is 1.78. The molecule has 0 radical (unpaired) electrons. The smallest absolute Gasteiger partial charge is 0.141 e. The minimum Gasteiger partial charge on any atom is -0.374 e. The zero-order valence-corrected chi connectivity index (χ0v) is 15.9. The molecule has 25 heavy (non-hydrogen) atoms. The zero-order chi connectivity index (χ0) is 18.0. The summed E-state index contributed by atoms with van der Waals surface area (Å²) in [6.07, 6.45) is 5.01. The summed E-state index contributed by atoms with van der Waals surface area (Å²) in [5.74, 6) is 0.981. The normalized spacial score (nSPS) is 22.0.